The molecule has 0 saturated carbocycles. The SMILES string of the molecule is CCC1(Br)CNc2nccc(Cl)c21. The van der Waals surface area contributed by atoms with Crippen molar-refractivity contribution in [3.63, 3.8) is 0 Å². The Morgan fingerprint density at radius 1 is 1.77 bits per heavy atom. The molecular formula is C9H10BrClN2. The maximum absolute atomic E-state index is 6.12. The largest absolute Gasteiger partial charge is 0.368 e. The molecule has 1 atom stereocenters. The van der Waals surface area contributed by atoms with Crippen molar-refractivity contribution >= 4 is 33.3 Å². The lowest BCUT2D eigenvalue weighted by Gasteiger charge is -2.19. The minimum Gasteiger partial charge on any atom is -0.368 e. The van der Waals surface area contributed by atoms with Crippen LogP contribution in [-0.4, -0.2) is 11.5 Å². The summed E-state index contributed by atoms with van der Waals surface area (Å²) in [6, 6.07) is 1.83. The highest BCUT2D eigenvalue weighted by atomic mass is 79.9. The normalized spacial score (nSPS) is 25.5. The molecule has 0 fully saturated rings. The lowest BCUT2D eigenvalue weighted by atomic mass is 10.0. The highest BCUT2D eigenvalue weighted by Gasteiger charge is 2.37. The first-order valence-corrected chi connectivity index (χ1v) is 5.42. The van der Waals surface area contributed by atoms with E-state index in [0.29, 0.717) is 0 Å². The molecule has 0 aliphatic carbocycles. The number of halogens is 2. The number of nitrogens with zero attached hydrogens (tertiary/aromatic N) is 1. The van der Waals surface area contributed by atoms with Crippen LogP contribution in [0.15, 0.2) is 12.3 Å². The van der Waals surface area contributed by atoms with Gasteiger partial charge in [-0.05, 0) is 12.5 Å². The van der Waals surface area contributed by atoms with Gasteiger partial charge in [-0.25, -0.2) is 4.98 Å². The molecule has 0 spiro atoms. The molecule has 2 heterocycles. The lowest BCUT2D eigenvalue weighted by molar-refractivity contribution is 0.676. The maximum atomic E-state index is 6.12. The van der Waals surface area contributed by atoms with Crippen molar-refractivity contribution in [3.8, 4) is 0 Å². The van der Waals surface area contributed by atoms with E-state index >= 15 is 0 Å². The zero-order chi connectivity index (χ0) is 9.47. The fourth-order valence-electron chi connectivity index (χ4n) is 1.61. The Morgan fingerprint density at radius 2 is 2.54 bits per heavy atom. The number of rotatable bonds is 1. The van der Waals surface area contributed by atoms with E-state index in [9.17, 15) is 0 Å². The van der Waals surface area contributed by atoms with E-state index in [1.54, 1.807) is 6.20 Å². The van der Waals surface area contributed by atoms with Gasteiger partial charge in [-0.1, -0.05) is 34.5 Å². The molecule has 1 aromatic rings. The Morgan fingerprint density at radius 3 is 3.23 bits per heavy atom. The van der Waals surface area contributed by atoms with Crippen LogP contribution in [0.4, 0.5) is 5.82 Å². The minimum absolute atomic E-state index is 0.0341. The number of fused-ring (bicyclic) bond motifs is 1. The molecule has 4 heteroatoms. The van der Waals surface area contributed by atoms with Gasteiger partial charge in [0.25, 0.3) is 0 Å². The Hall–Kier alpha value is -0.280. The van der Waals surface area contributed by atoms with E-state index in [0.717, 1.165) is 29.4 Å². The summed E-state index contributed by atoms with van der Waals surface area (Å²) < 4.78 is -0.0341. The number of pyridine rings is 1. The van der Waals surface area contributed by atoms with Gasteiger partial charge in [0.05, 0.1) is 9.35 Å². The second kappa shape index (κ2) is 3.14. The maximum Gasteiger partial charge on any atom is 0.132 e. The van der Waals surface area contributed by atoms with Gasteiger partial charge in [0, 0.05) is 18.3 Å². The summed E-state index contributed by atoms with van der Waals surface area (Å²) in [7, 11) is 0. The summed E-state index contributed by atoms with van der Waals surface area (Å²) in [5.74, 6) is 0.909. The first-order valence-electron chi connectivity index (χ1n) is 4.25. The van der Waals surface area contributed by atoms with Gasteiger partial charge in [0.1, 0.15) is 5.82 Å². The summed E-state index contributed by atoms with van der Waals surface area (Å²) in [4.78, 5) is 4.24. The predicted molar refractivity (Wildman–Crippen MR) is 58.6 cm³/mol. The zero-order valence-corrected chi connectivity index (χ0v) is 9.61. The molecule has 1 aromatic heterocycles. The third-order valence-electron chi connectivity index (χ3n) is 2.44. The second-order valence-corrected chi connectivity index (χ2v) is 5.11. The zero-order valence-electron chi connectivity index (χ0n) is 7.27. The molecule has 0 bridgehead atoms. The quantitative estimate of drug-likeness (QED) is 0.786. The average Bonchev–Trinajstić information content (AvgIpc) is 2.47. The van der Waals surface area contributed by atoms with Crippen molar-refractivity contribution in [2.24, 2.45) is 0 Å². The van der Waals surface area contributed by atoms with Gasteiger partial charge in [-0.2, -0.15) is 0 Å². The van der Waals surface area contributed by atoms with E-state index < -0.39 is 0 Å². The van der Waals surface area contributed by atoms with Gasteiger partial charge in [0.15, 0.2) is 0 Å². The Kier molecular flexibility index (Phi) is 2.24. The molecule has 13 heavy (non-hydrogen) atoms. The molecule has 0 aromatic carbocycles. The fourth-order valence-corrected chi connectivity index (χ4v) is 2.59. The van der Waals surface area contributed by atoms with Crippen molar-refractivity contribution in [1.82, 2.24) is 4.98 Å². The smallest absolute Gasteiger partial charge is 0.132 e. The van der Waals surface area contributed by atoms with E-state index in [2.05, 4.69) is 33.2 Å². The van der Waals surface area contributed by atoms with Crippen LogP contribution in [0.1, 0.15) is 18.9 Å². The van der Waals surface area contributed by atoms with Crippen LogP contribution in [0.5, 0.6) is 0 Å². The molecule has 0 amide bonds. The van der Waals surface area contributed by atoms with E-state index in [1.807, 2.05) is 6.07 Å². The topological polar surface area (TPSA) is 24.9 Å². The highest BCUT2D eigenvalue weighted by Crippen LogP contribution is 2.46. The molecule has 1 aliphatic heterocycles. The Labute approximate surface area is 90.8 Å². The number of alkyl halides is 1. The third kappa shape index (κ3) is 1.34. The van der Waals surface area contributed by atoms with Crippen LogP contribution in [0.2, 0.25) is 5.02 Å². The number of hydrogen-bond donors (Lipinski definition) is 1. The summed E-state index contributed by atoms with van der Waals surface area (Å²) in [6.45, 7) is 2.99. The highest BCUT2D eigenvalue weighted by molar-refractivity contribution is 9.09. The van der Waals surface area contributed by atoms with Gasteiger partial charge >= 0.3 is 0 Å². The monoisotopic (exact) mass is 260 g/mol. The van der Waals surface area contributed by atoms with Gasteiger partial charge in [-0.3, -0.25) is 0 Å². The van der Waals surface area contributed by atoms with Crippen LogP contribution in [0.3, 0.4) is 0 Å². The summed E-state index contributed by atoms with van der Waals surface area (Å²) in [5.41, 5.74) is 1.10. The molecule has 1 N–H and O–H groups in total. The summed E-state index contributed by atoms with van der Waals surface area (Å²) >= 11 is 9.83. The molecule has 1 unspecified atom stereocenters. The van der Waals surface area contributed by atoms with Crippen molar-refractivity contribution in [3.05, 3.63) is 22.8 Å². The summed E-state index contributed by atoms with van der Waals surface area (Å²) in [6.07, 6.45) is 2.72. The second-order valence-electron chi connectivity index (χ2n) is 3.19. The van der Waals surface area contributed by atoms with Gasteiger partial charge in [-0.15, -0.1) is 0 Å². The number of nitrogens with one attached hydrogen (secondary N) is 1. The fraction of sp³-hybridized carbons (Fsp3) is 0.444. The Balaban J connectivity index is 2.58. The number of aromatic nitrogens is 1. The van der Waals surface area contributed by atoms with E-state index in [4.69, 9.17) is 11.6 Å². The minimum atomic E-state index is -0.0341. The number of hydrogen-bond acceptors (Lipinski definition) is 2. The molecule has 1 aliphatic rings. The van der Waals surface area contributed by atoms with Crippen LogP contribution in [0.25, 0.3) is 0 Å². The van der Waals surface area contributed by atoms with Gasteiger partial charge in [0.2, 0.25) is 0 Å². The molecule has 0 saturated heterocycles. The van der Waals surface area contributed by atoms with E-state index in [-0.39, 0.29) is 4.32 Å². The first kappa shape index (κ1) is 9.28. The van der Waals surface area contributed by atoms with Crippen molar-refractivity contribution in [2.45, 2.75) is 17.7 Å². The third-order valence-corrected chi connectivity index (χ3v) is 4.00. The standard InChI is InChI=1S/C9H10BrClN2/c1-2-9(10)5-13-8-7(9)6(11)3-4-12-8/h3-4H,2,5H2,1H3,(H,12,13). The average molecular weight is 262 g/mol. The predicted octanol–water partition coefficient (Wildman–Crippen LogP) is 3.16. The van der Waals surface area contributed by atoms with Crippen molar-refractivity contribution in [2.75, 3.05) is 11.9 Å². The number of anilines is 1. The molecule has 0 radical (unpaired) electrons. The summed E-state index contributed by atoms with van der Waals surface area (Å²) in [5, 5.41) is 4.03. The van der Waals surface area contributed by atoms with Crippen molar-refractivity contribution < 1.29 is 0 Å². The molecule has 70 valence electrons. The van der Waals surface area contributed by atoms with Crippen LogP contribution in [0, 0.1) is 0 Å². The van der Waals surface area contributed by atoms with Gasteiger partial charge < -0.3 is 5.32 Å². The van der Waals surface area contributed by atoms with Crippen LogP contribution in [-0.2, 0) is 4.32 Å². The Bertz CT molecular complexity index is 342. The lowest BCUT2D eigenvalue weighted by Crippen LogP contribution is -2.19. The van der Waals surface area contributed by atoms with Crippen LogP contribution < -0.4 is 5.32 Å². The molecule has 2 nitrogen and oxygen atoms in total. The molecular weight excluding hydrogens is 251 g/mol. The first-order chi connectivity index (χ1) is 6.17. The van der Waals surface area contributed by atoms with E-state index in [1.165, 1.54) is 0 Å². The molecule has 2 rings (SSSR count). The van der Waals surface area contributed by atoms with Crippen molar-refractivity contribution in [1.29, 1.82) is 0 Å². The van der Waals surface area contributed by atoms with Crippen LogP contribution >= 0.6 is 27.5 Å².